The van der Waals surface area contributed by atoms with Gasteiger partial charge in [-0.2, -0.15) is 0 Å². The number of hydrogen-bond acceptors (Lipinski definition) is 1. The third-order valence-corrected chi connectivity index (χ3v) is 5.39. The summed E-state index contributed by atoms with van der Waals surface area (Å²) >= 11 is 0. The van der Waals surface area contributed by atoms with Crippen molar-refractivity contribution in [3.05, 3.63) is 5.92 Å². The molecule has 0 atom stereocenters. The molecule has 0 aromatic heterocycles. The van der Waals surface area contributed by atoms with Crippen LogP contribution in [0.25, 0.3) is 0 Å². The van der Waals surface area contributed by atoms with Gasteiger partial charge in [-0.05, 0) is 62.2 Å². The van der Waals surface area contributed by atoms with E-state index in [2.05, 4.69) is 6.92 Å². The van der Waals surface area contributed by atoms with Gasteiger partial charge >= 0.3 is 5.97 Å². The molecule has 0 bridgehead atoms. The molecule has 0 saturated heterocycles. The Morgan fingerprint density at radius 1 is 1.05 bits per heavy atom. The number of carboxylic acids is 1. The highest BCUT2D eigenvalue weighted by molar-refractivity contribution is 5.69. The van der Waals surface area contributed by atoms with Gasteiger partial charge in [0.15, 0.2) is 0 Å². The molecule has 2 fully saturated rings. The average molecular weight is 265 g/mol. The zero-order valence-electron chi connectivity index (χ0n) is 12.4. The maximum atomic E-state index is 10.7. The molecule has 0 aliphatic heterocycles. The van der Waals surface area contributed by atoms with E-state index in [0.717, 1.165) is 30.6 Å². The van der Waals surface area contributed by atoms with E-state index in [1.165, 1.54) is 57.3 Å². The largest absolute Gasteiger partial charge is 0.481 e. The fourth-order valence-corrected chi connectivity index (χ4v) is 4.27. The smallest absolute Gasteiger partial charge is 0.303 e. The van der Waals surface area contributed by atoms with Crippen molar-refractivity contribution in [3.8, 4) is 0 Å². The lowest BCUT2D eigenvalue weighted by molar-refractivity contribution is -0.136. The standard InChI is InChI=1S/C17H29O2/c1-2-3-13-4-8-15(9-5-13)16-10-6-14(7-11-16)12-17(18)19/h13,15-16H,2-12H2,1H3,(H,18,19). The Hall–Kier alpha value is -0.530. The van der Waals surface area contributed by atoms with Crippen LogP contribution in [0.15, 0.2) is 0 Å². The number of rotatable bonds is 5. The van der Waals surface area contributed by atoms with E-state index in [9.17, 15) is 4.79 Å². The van der Waals surface area contributed by atoms with Crippen LogP contribution >= 0.6 is 0 Å². The van der Waals surface area contributed by atoms with Gasteiger partial charge in [-0.1, -0.05) is 32.6 Å². The van der Waals surface area contributed by atoms with Crippen LogP contribution in [0, 0.1) is 23.7 Å². The summed E-state index contributed by atoms with van der Waals surface area (Å²) in [6.45, 7) is 2.30. The quantitative estimate of drug-likeness (QED) is 0.773. The second-order valence-corrected chi connectivity index (χ2v) is 6.73. The van der Waals surface area contributed by atoms with E-state index in [0.29, 0.717) is 6.42 Å². The Morgan fingerprint density at radius 3 is 2.16 bits per heavy atom. The Morgan fingerprint density at radius 2 is 1.63 bits per heavy atom. The normalized spacial score (nSPS) is 30.4. The van der Waals surface area contributed by atoms with Gasteiger partial charge in [-0.3, -0.25) is 4.79 Å². The van der Waals surface area contributed by atoms with Crippen molar-refractivity contribution in [1.82, 2.24) is 0 Å². The first-order chi connectivity index (χ1) is 9.19. The minimum absolute atomic E-state index is 0.315. The second-order valence-electron chi connectivity index (χ2n) is 6.73. The van der Waals surface area contributed by atoms with Crippen LogP contribution in [0.5, 0.6) is 0 Å². The minimum Gasteiger partial charge on any atom is -0.481 e. The summed E-state index contributed by atoms with van der Waals surface area (Å²) in [7, 11) is 0. The van der Waals surface area contributed by atoms with Gasteiger partial charge in [-0.15, -0.1) is 0 Å². The van der Waals surface area contributed by atoms with Crippen molar-refractivity contribution in [2.75, 3.05) is 0 Å². The van der Waals surface area contributed by atoms with Crippen molar-refractivity contribution in [3.63, 3.8) is 0 Å². The molecule has 2 heteroatoms. The molecule has 2 rings (SSSR count). The molecule has 109 valence electrons. The van der Waals surface area contributed by atoms with Gasteiger partial charge in [0, 0.05) is 0 Å². The highest BCUT2D eigenvalue weighted by atomic mass is 16.4. The molecule has 2 aliphatic carbocycles. The SMILES string of the molecule is CCCC1CCC(C2CC[C](CC(=O)O)CC2)CC1. The number of aliphatic carboxylic acids is 1. The maximum absolute atomic E-state index is 10.7. The first-order valence-corrected chi connectivity index (χ1v) is 8.24. The van der Waals surface area contributed by atoms with Crippen LogP contribution < -0.4 is 0 Å². The molecule has 0 heterocycles. The van der Waals surface area contributed by atoms with Crippen molar-refractivity contribution in [2.24, 2.45) is 17.8 Å². The van der Waals surface area contributed by atoms with Crippen LogP contribution in [0.4, 0.5) is 0 Å². The summed E-state index contributed by atoms with van der Waals surface area (Å²) in [5.41, 5.74) is 0. The Kier molecular flexibility index (Phi) is 5.72. The van der Waals surface area contributed by atoms with Gasteiger partial charge < -0.3 is 5.11 Å². The second kappa shape index (κ2) is 7.31. The van der Waals surface area contributed by atoms with Crippen LogP contribution in [0.3, 0.4) is 0 Å². The monoisotopic (exact) mass is 265 g/mol. The number of carboxylic acid groups (broad SMARTS) is 1. The lowest BCUT2D eigenvalue weighted by Crippen LogP contribution is -2.26. The van der Waals surface area contributed by atoms with Crippen molar-refractivity contribution in [2.45, 2.75) is 77.6 Å². The molecule has 19 heavy (non-hydrogen) atoms. The molecular weight excluding hydrogens is 236 g/mol. The Labute approximate surface area is 118 Å². The Balaban J connectivity index is 1.69. The zero-order valence-corrected chi connectivity index (χ0v) is 12.4. The maximum Gasteiger partial charge on any atom is 0.303 e. The van der Waals surface area contributed by atoms with Crippen molar-refractivity contribution < 1.29 is 9.90 Å². The van der Waals surface area contributed by atoms with Gasteiger partial charge in [0.05, 0.1) is 6.42 Å². The third-order valence-electron chi connectivity index (χ3n) is 5.39. The fraction of sp³-hybridized carbons (Fsp3) is 0.882. The predicted octanol–water partition coefficient (Wildman–Crippen LogP) is 4.83. The molecule has 1 radical (unpaired) electrons. The average Bonchev–Trinajstić information content (AvgIpc) is 2.40. The third kappa shape index (κ3) is 4.50. The van der Waals surface area contributed by atoms with Crippen LogP contribution in [0.2, 0.25) is 0 Å². The first kappa shape index (κ1) is 14.9. The number of carbonyl (C=O) groups is 1. The molecule has 0 spiro atoms. The lowest BCUT2D eigenvalue weighted by atomic mass is 9.68. The van der Waals surface area contributed by atoms with Gasteiger partial charge in [-0.25, -0.2) is 0 Å². The summed E-state index contributed by atoms with van der Waals surface area (Å²) < 4.78 is 0. The predicted molar refractivity (Wildman–Crippen MR) is 77.8 cm³/mol. The van der Waals surface area contributed by atoms with Crippen LogP contribution in [-0.4, -0.2) is 11.1 Å². The van der Waals surface area contributed by atoms with E-state index in [1.807, 2.05) is 0 Å². The van der Waals surface area contributed by atoms with Gasteiger partial charge in [0.1, 0.15) is 0 Å². The summed E-state index contributed by atoms with van der Waals surface area (Å²) in [6, 6.07) is 0. The van der Waals surface area contributed by atoms with Crippen LogP contribution in [-0.2, 0) is 4.79 Å². The molecular formula is C17H29O2. The topological polar surface area (TPSA) is 37.3 Å². The summed E-state index contributed by atoms with van der Waals surface area (Å²) in [5, 5.41) is 8.84. The van der Waals surface area contributed by atoms with Gasteiger partial charge in [0.2, 0.25) is 0 Å². The zero-order chi connectivity index (χ0) is 13.7. The molecule has 0 aromatic rings. The van der Waals surface area contributed by atoms with Crippen molar-refractivity contribution >= 4 is 5.97 Å². The molecule has 2 aliphatic rings. The van der Waals surface area contributed by atoms with Crippen molar-refractivity contribution in [1.29, 1.82) is 0 Å². The van der Waals surface area contributed by atoms with E-state index < -0.39 is 5.97 Å². The molecule has 2 nitrogen and oxygen atoms in total. The highest BCUT2D eigenvalue weighted by Gasteiger charge is 2.31. The molecule has 1 N–H and O–H groups in total. The minimum atomic E-state index is -0.645. The van der Waals surface area contributed by atoms with E-state index in [1.54, 1.807) is 0 Å². The molecule has 0 amide bonds. The van der Waals surface area contributed by atoms with E-state index in [4.69, 9.17) is 5.11 Å². The summed E-state index contributed by atoms with van der Waals surface area (Å²) in [4.78, 5) is 10.7. The summed E-state index contributed by atoms with van der Waals surface area (Å²) in [5.74, 6) is 3.47. The molecule has 0 aromatic carbocycles. The van der Waals surface area contributed by atoms with Crippen LogP contribution in [0.1, 0.15) is 77.6 Å². The van der Waals surface area contributed by atoms with E-state index in [-0.39, 0.29) is 0 Å². The van der Waals surface area contributed by atoms with Gasteiger partial charge in [0.25, 0.3) is 0 Å². The summed E-state index contributed by atoms with van der Waals surface area (Å²) in [6.07, 6.45) is 13.5. The molecule has 0 unspecified atom stereocenters. The lowest BCUT2D eigenvalue weighted by Gasteiger charge is -2.37. The number of hydrogen-bond donors (Lipinski definition) is 1. The first-order valence-electron chi connectivity index (χ1n) is 8.24. The fourth-order valence-electron chi connectivity index (χ4n) is 4.27. The Bertz CT molecular complexity index is 271. The molecule has 2 saturated carbocycles. The van der Waals surface area contributed by atoms with E-state index >= 15 is 0 Å². The highest BCUT2D eigenvalue weighted by Crippen LogP contribution is 2.43.